The van der Waals surface area contributed by atoms with Crippen LogP contribution in [0.3, 0.4) is 0 Å². The lowest BCUT2D eigenvalue weighted by atomic mass is 10.2. The van der Waals surface area contributed by atoms with Crippen molar-refractivity contribution in [3.05, 3.63) is 40.6 Å². The van der Waals surface area contributed by atoms with E-state index in [1.54, 1.807) is 36.5 Å². The van der Waals surface area contributed by atoms with Gasteiger partial charge in [0.1, 0.15) is 11.8 Å². The highest BCUT2D eigenvalue weighted by Crippen LogP contribution is 2.28. The number of rotatable bonds is 8. The van der Waals surface area contributed by atoms with Crippen LogP contribution in [0.2, 0.25) is 0 Å². The van der Waals surface area contributed by atoms with E-state index >= 15 is 0 Å². The van der Waals surface area contributed by atoms with Crippen LogP contribution in [0, 0.1) is 0 Å². The fourth-order valence-electron chi connectivity index (χ4n) is 2.13. The summed E-state index contributed by atoms with van der Waals surface area (Å²) < 4.78 is 30.5. The quantitative estimate of drug-likeness (QED) is 0.650. The zero-order valence-electron chi connectivity index (χ0n) is 14.2. The van der Waals surface area contributed by atoms with Crippen molar-refractivity contribution >= 4 is 38.6 Å². The summed E-state index contributed by atoms with van der Waals surface area (Å²) in [4.78, 5) is 13.2. The van der Waals surface area contributed by atoms with Gasteiger partial charge in [-0.3, -0.25) is 9.52 Å². The van der Waals surface area contributed by atoms with Gasteiger partial charge in [-0.05, 0) is 36.6 Å². The number of sulfonamides is 1. The first-order valence-corrected chi connectivity index (χ1v) is 10.3. The Morgan fingerprint density at radius 1 is 1.32 bits per heavy atom. The highest BCUT2D eigenvalue weighted by molar-refractivity contribution is 7.92. The van der Waals surface area contributed by atoms with E-state index in [9.17, 15) is 13.2 Å². The predicted molar refractivity (Wildman–Crippen MR) is 101 cm³/mol. The number of ether oxygens (including phenoxy) is 1. The molecule has 0 radical (unpaired) electrons. The molecule has 0 aliphatic heterocycles. The van der Waals surface area contributed by atoms with Gasteiger partial charge in [-0.25, -0.2) is 8.42 Å². The number of thiophene rings is 1. The summed E-state index contributed by atoms with van der Waals surface area (Å²) in [5.41, 5.74) is 0.909. The van der Waals surface area contributed by atoms with Crippen LogP contribution in [-0.2, 0) is 21.4 Å². The maximum atomic E-state index is 12.2. The number of anilines is 2. The largest absolute Gasteiger partial charge is 0.495 e. The van der Waals surface area contributed by atoms with Crippen molar-refractivity contribution in [2.24, 2.45) is 0 Å². The summed E-state index contributed by atoms with van der Waals surface area (Å²) in [6.45, 7) is 2.21. The van der Waals surface area contributed by atoms with E-state index < -0.39 is 16.1 Å². The first kappa shape index (κ1) is 19.1. The van der Waals surface area contributed by atoms with Gasteiger partial charge in [-0.1, -0.05) is 6.07 Å². The third-order valence-electron chi connectivity index (χ3n) is 3.29. The lowest BCUT2D eigenvalue weighted by Crippen LogP contribution is -2.37. The zero-order valence-corrected chi connectivity index (χ0v) is 15.8. The number of carbonyl (C=O) groups is 1. The Morgan fingerprint density at radius 3 is 2.68 bits per heavy atom. The fraction of sp³-hybridized carbons (Fsp3) is 0.312. The van der Waals surface area contributed by atoms with Crippen LogP contribution in [0.4, 0.5) is 11.4 Å². The molecule has 0 fully saturated rings. The highest BCUT2D eigenvalue weighted by atomic mass is 32.2. The first-order valence-electron chi connectivity index (χ1n) is 7.51. The third-order valence-corrected chi connectivity index (χ3v) is 4.76. The molecule has 0 aliphatic rings. The second-order valence-electron chi connectivity index (χ2n) is 5.45. The Kier molecular flexibility index (Phi) is 6.27. The Morgan fingerprint density at radius 2 is 2.08 bits per heavy atom. The van der Waals surface area contributed by atoms with Crippen molar-refractivity contribution in [2.45, 2.75) is 19.5 Å². The van der Waals surface area contributed by atoms with Crippen LogP contribution in [0.15, 0.2) is 35.7 Å². The maximum Gasteiger partial charge on any atom is 0.242 e. The number of amides is 1. The number of hydrogen-bond acceptors (Lipinski definition) is 6. The van der Waals surface area contributed by atoms with E-state index in [0.717, 1.165) is 11.1 Å². The molecular weight excluding hydrogens is 362 g/mol. The Hall–Kier alpha value is -2.26. The summed E-state index contributed by atoms with van der Waals surface area (Å²) >= 11 is 1.58. The molecule has 1 amide bonds. The molecule has 0 saturated heterocycles. The lowest BCUT2D eigenvalue weighted by molar-refractivity contribution is -0.121. The number of methoxy groups -OCH3 is 1. The van der Waals surface area contributed by atoms with Crippen LogP contribution in [0.1, 0.15) is 11.8 Å². The number of carbonyl (C=O) groups excluding carboxylic acids is 1. The molecule has 0 bridgehead atoms. The van der Waals surface area contributed by atoms with Crippen LogP contribution < -0.4 is 20.1 Å². The second kappa shape index (κ2) is 8.21. The van der Waals surface area contributed by atoms with E-state index in [1.807, 2.05) is 17.5 Å². The average Bonchev–Trinajstić information content (AvgIpc) is 3.04. The minimum absolute atomic E-state index is 0.151. The summed E-state index contributed by atoms with van der Waals surface area (Å²) in [5.74, 6) is 0.243. The minimum Gasteiger partial charge on any atom is -0.495 e. The fourth-order valence-corrected chi connectivity index (χ4v) is 3.34. The predicted octanol–water partition coefficient (Wildman–Crippen LogP) is 2.25. The summed E-state index contributed by atoms with van der Waals surface area (Å²) in [6.07, 6.45) is 1.06. The first-order chi connectivity index (χ1) is 11.8. The van der Waals surface area contributed by atoms with Crippen molar-refractivity contribution in [3.8, 4) is 5.75 Å². The molecule has 0 spiro atoms. The molecule has 7 nitrogen and oxygen atoms in total. The van der Waals surface area contributed by atoms with Crippen molar-refractivity contribution in [1.29, 1.82) is 0 Å². The van der Waals surface area contributed by atoms with E-state index in [1.165, 1.54) is 7.11 Å². The van der Waals surface area contributed by atoms with E-state index in [-0.39, 0.29) is 5.91 Å². The normalized spacial score (nSPS) is 12.3. The van der Waals surface area contributed by atoms with E-state index in [0.29, 0.717) is 23.7 Å². The molecular formula is C16H21N3O4S2. The van der Waals surface area contributed by atoms with E-state index in [2.05, 4.69) is 15.4 Å². The summed E-state index contributed by atoms with van der Waals surface area (Å²) in [5, 5.41) is 7.86. The number of hydrogen-bond donors (Lipinski definition) is 3. The van der Waals surface area contributed by atoms with Crippen LogP contribution >= 0.6 is 11.3 Å². The molecule has 9 heteroatoms. The van der Waals surface area contributed by atoms with Crippen molar-refractivity contribution in [3.63, 3.8) is 0 Å². The van der Waals surface area contributed by atoms with Gasteiger partial charge in [0.2, 0.25) is 15.9 Å². The van der Waals surface area contributed by atoms with Gasteiger partial charge in [0.05, 0.1) is 25.6 Å². The number of nitrogens with one attached hydrogen (secondary N) is 3. The molecule has 1 atom stereocenters. The summed E-state index contributed by atoms with van der Waals surface area (Å²) in [7, 11) is -1.99. The van der Waals surface area contributed by atoms with Crippen LogP contribution in [-0.4, -0.2) is 33.7 Å². The van der Waals surface area contributed by atoms with Crippen LogP contribution in [0.25, 0.3) is 0 Å². The second-order valence-corrected chi connectivity index (χ2v) is 8.23. The van der Waals surface area contributed by atoms with Gasteiger partial charge in [-0.15, -0.1) is 11.3 Å². The monoisotopic (exact) mass is 383 g/mol. The molecule has 3 N–H and O–H groups in total. The van der Waals surface area contributed by atoms with Gasteiger partial charge < -0.3 is 15.4 Å². The van der Waals surface area contributed by atoms with Crippen molar-refractivity contribution in [1.82, 2.24) is 5.32 Å². The highest BCUT2D eigenvalue weighted by Gasteiger charge is 2.14. The molecule has 1 aromatic carbocycles. The summed E-state index contributed by atoms with van der Waals surface area (Å²) in [6, 6.07) is 8.33. The molecule has 0 saturated carbocycles. The number of benzene rings is 1. The molecule has 0 unspecified atom stereocenters. The van der Waals surface area contributed by atoms with Gasteiger partial charge in [0.25, 0.3) is 0 Å². The third kappa shape index (κ3) is 5.95. The van der Waals surface area contributed by atoms with Gasteiger partial charge in [-0.2, -0.15) is 0 Å². The van der Waals surface area contributed by atoms with Crippen LogP contribution in [0.5, 0.6) is 5.75 Å². The molecule has 1 aromatic heterocycles. The molecule has 1 heterocycles. The molecule has 2 rings (SSSR count). The minimum atomic E-state index is -3.44. The molecule has 0 aliphatic carbocycles. The smallest absolute Gasteiger partial charge is 0.242 e. The van der Waals surface area contributed by atoms with Crippen molar-refractivity contribution < 1.29 is 17.9 Å². The zero-order chi connectivity index (χ0) is 18.4. The lowest BCUT2D eigenvalue weighted by Gasteiger charge is -2.17. The van der Waals surface area contributed by atoms with Gasteiger partial charge >= 0.3 is 0 Å². The Balaban J connectivity index is 2.03. The maximum absolute atomic E-state index is 12.2. The van der Waals surface area contributed by atoms with E-state index in [4.69, 9.17) is 4.74 Å². The SMILES string of the molecule is COc1ccc(N[C@@H](C)C(=O)NCc2cccs2)cc1NS(C)(=O)=O. The standard InChI is InChI=1S/C16H21N3O4S2/c1-11(16(20)17-10-13-5-4-8-24-13)18-12-6-7-15(23-2)14(9-12)19-25(3,21)22/h4-9,11,18-19H,10H2,1-3H3,(H,17,20)/t11-/m0/s1. The topological polar surface area (TPSA) is 96.5 Å². The van der Waals surface area contributed by atoms with Gasteiger partial charge in [0, 0.05) is 10.6 Å². The Labute approximate surface area is 151 Å². The molecule has 25 heavy (non-hydrogen) atoms. The Bertz CT molecular complexity index is 820. The van der Waals surface area contributed by atoms with Gasteiger partial charge in [0.15, 0.2) is 0 Å². The molecule has 136 valence electrons. The average molecular weight is 383 g/mol. The van der Waals surface area contributed by atoms with Crippen molar-refractivity contribution in [2.75, 3.05) is 23.4 Å². The molecule has 2 aromatic rings.